The standard InChI is InChI=1S/C23H28N2O3/c1-16(2)23(27)25-13-12-24-22(26)19(15-25)14-18-6-4-5-7-21(18)17-8-10-20(28-3)11-9-17/h4-11,16,19H,12-15H2,1-3H3,(H,24,26)/t19-/m0/s1. The fourth-order valence-corrected chi connectivity index (χ4v) is 3.64. The summed E-state index contributed by atoms with van der Waals surface area (Å²) in [5, 5.41) is 2.96. The first kappa shape index (κ1) is 19.9. The van der Waals surface area contributed by atoms with Gasteiger partial charge in [-0.3, -0.25) is 9.59 Å². The van der Waals surface area contributed by atoms with E-state index in [1.807, 2.05) is 55.1 Å². The lowest BCUT2D eigenvalue weighted by molar-refractivity contribution is -0.135. The van der Waals surface area contributed by atoms with E-state index in [0.717, 1.165) is 22.4 Å². The molecule has 1 aliphatic heterocycles. The minimum absolute atomic E-state index is 0.0172. The summed E-state index contributed by atoms with van der Waals surface area (Å²) in [7, 11) is 1.65. The Morgan fingerprint density at radius 2 is 1.89 bits per heavy atom. The monoisotopic (exact) mass is 380 g/mol. The lowest BCUT2D eigenvalue weighted by atomic mass is 9.91. The van der Waals surface area contributed by atoms with Crippen molar-refractivity contribution in [3.8, 4) is 16.9 Å². The zero-order chi connectivity index (χ0) is 20.1. The van der Waals surface area contributed by atoms with Gasteiger partial charge in [-0.05, 0) is 35.2 Å². The number of carbonyl (C=O) groups is 2. The lowest BCUT2D eigenvalue weighted by Gasteiger charge is -2.25. The van der Waals surface area contributed by atoms with E-state index < -0.39 is 0 Å². The average molecular weight is 380 g/mol. The van der Waals surface area contributed by atoms with Crippen LogP contribution < -0.4 is 10.1 Å². The maximum atomic E-state index is 12.6. The number of methoxy groups -OCH3 is 1. The predicted octanol–water partition coefficient (Wildman–Crippen LogP) is 3.14. The molecule has 1 fully saturated rings. The van der Waals surface area contributed by atoms with Gasteiger partial charge in [-0.2, -0.15) is 0 Å². The van der Waals surface area contributed by atoms with Crippen molar-refractivity contribution in [2.45, 2.75) is 20.3 Å². The number of nitrogens with one attached hydrogen (secondary N) is 1. The Balaban J connectivity index is 1.85. The van der Waals surface area contributed by atoms with E-state index in [1.54, 1.807) is 7.11 Å². The van der Waals surface area contributed by atoms with Gasteiger partial charge in [-0.25, -0.2) is 0 Å². The molecule has 0 aliphatic carbocycles. The number of carbonyl (C=O) groups excluding carboxylic acids is 2. The van der Waals surface area contributed by atoms with Crippen LogP contribution in [0, 0.1) is 11.8 Å². The molecular weight excluding hydrogens is 352 g/mol. The predicted molar refractivity (Wildman–Crippen MR) is 110 cm³/mol. The third kappa shape index (κ3) is 4.53. The van der Waals surface area contributed by atoms with Crippen molar-refractivity contribution in [2.24, 2.45) is 11.8 Å². The second-order valence-electron chi connectivity index (χ2n) is 7.52. The van der Waals surface area contributed by atoms with Crippen molar-refractivity contribution in [2.75, 3.05) is 26.7 Å². The number of ether oxygens (including phenoxy) is 1. The smallest absolute Gasteiger partial charge is 0.225 e. The van der Waals surface area contributed by atoms with Crippen molar-refractivity contribution >= 4 is 11.8 Å². The van der Waals surface area contributed by atoms with Gasteiger partial charge in [0.2, 0.25) is 11.8 Å². The van der Waals surface area contributed by atoms with Crippen LogP contribution in [0.15, 0.2) is 48.5 Å². The van der Waals surface area contributed by atoms with Gasteiger partial charge < -0.3 is 15.0 Å². The number of benzene rings is 2. The minimum Gasteiger partial charge on any atom is -0.497 e. The number of hydrogen-bond acceptors (Lipinski definition) is 3. The van der Waals surface area contributed by atoms with E-state index in [1.165, 1.54) is 0 Å². The molecule has 1 atom stereocenters. The molecule has 0 unspecified atom stereocenters. The van der Waals surface area contributed by atoms with Crippen LogP contribution in [0.25, 0.3) is 11.1 Å². The van der Waals surface area contributed by atoms with Gasteiger partial charge in [-0.15, -0.1) is 0 Å². The van der Waals surface area contributed by atoms with Crippen LogP contribution in [0.4, 0.5) is 0 Å². The molecule has 2 amide bonds. The third-order valence-electron chi connectivity index (χ3n) is 5.18. The van der Waals surface area contributed by atoms with E-state index in [2.05, 4.69) is 17.4 Å². The van der Waals surface area contributed by atoms with Crippen molar-refractivity contribution < 1.29 is 14.3 Å². The van der Waals surface area contributed by atoms with E-state index in [4.69, 9.17) is 4.74 Å². The van der Waals surface area contributed by atoms with Crippen LogP contribution in [0.1, 0.15) is 19.4 Å². The van der Waals surface area contributed by atoms with Crippen molar-refractivity contribution in [3.63, 3.8) is 0 Å². The highest BCUT2D eigenvalue weighted by Crippen LogP contribution is 2.28. The van der Waals surface area contributed by atoms with Crippen LogP contribution in [-0.4, -0.2) is 43.5 Å². The normalized spacial score (nSPS) is 17.2. The van der Waals surface area contributed by atoms with Gasteiger partial charge in [0, 0.05) is 25.6 Å². The summed E-state index contributed by atoms with van der Waals surface area (Å²) in [5.41, 5.74) is 3.29. The molecule has 5 heteroatoms. The Morgan fingerprint density at radius 3 is 2.57 bits per heavy atom. The second-order valence-corrected chi connectivity index (χ2v) is 7.52. The summed E-state index contributed by atoms with van der Waals surface area (Å²) in [4.78, 5) is 26.9. The molecule has 5 nitrogen and oxygen atoms in total. The Labute approximate surface area is 166 Å². The molecule has 0 bridgehead atoms. The molecule has 0 radical (unpaired) electrons. The largest absolute Gasteiger partial charge is 0.497 e. The van der Waals surface area contributed by atoms with Crippen molar-refractivity contribution in [1.82, 2.24) is 10.2 Å². The first-order valence-corrected chi connectivity index (χ1v) is 9.78. The maximum absolute atomic E-state index is 12.6. The third-order valence-corrected chi connectivity index (χ3v) is 5.18. The van der Waals surface area contributed by atoms with Gasteiger partial charge in [0.25, 0.3) is 0 Å². The Hall–Kier alpha value is -2.82. The first-order chi connectivity index (χ1) is 13.5. The highest BCUT2D eigenvalue weighted by molar-refractivity contribution is 5.83. The molecular formula is C23H28N2O3. The number of amides is 2. The van der Waals surface area contributed by atoms with Gasteiger partial charge in [-0.1, -0.05) is 50.2 Å². The van der Waals surface area contributed by atoms with Gasteiger partial charge in [0.15, 0.2) is 0 Å². The Kier molecular flexibility index (Phi) is 6.34. The van der Waals surface area contributed by atoms with E-state index in [0.29, 0.717) is 26.1 Å². The van der Waals surface area contributed by atoms with Crippen LogP contribution in [0.3, 0.4) is 0 Å². The SMILES string of the molecule is COc1ccc(-c2ccccc2C[C@H]2CN(C(=O)C(C)C)CCNC2=O)cc1. The molecule has 2 aromatic rings. The zero-order valence-electron chi connectivity index (χ0n) is 16.8. The minimum atomic E-state index is -0.260. The van der Waals surface area contributed by atoms with Crippen LogP contribution >= 0.6 is 0 Å². The number of rotatable bonds is 5. The molecule has 3 rings (SSSR count). The first-order valence-electron chi connectivity index (χ1n) is 9.78. The summed E-state index contributed by atoms with van der Waals surface area (Å²) < 4.78 is 5.25. The lowest BCUT2D eigenvalue weighted by Crippen LogP contribution is -2.39. The molecule has 1 saturated heterocycles. The average Bonchev–Trinajstić information content (AvgIpc) is 2.89. The summed E-state index contributed by atoms with van der Waals surface area (Å²) in [5.74, 6) is 0.603. The number of hydrogen-bond donors (Lipinski definition) is 1. The topological polar surface area (TPSA) is 58.6 Å². The molecule has 0 saturated carbocycles. The summed E-state index contributed by atoms with van der Waals surface area (Å²) in [6, 6.07) is 16.1. The molecule has 148 valence electrons. The fourth-order valence-electron chi connectivity index (χ4n) is 3.64. The fraction of sp³-hybridized carbons (Fsp3) is 0.391. The van der Waals surface area contributed by atoms with Crippen LogP contribution in [0.5, 0.6) is 5.75 Å². The van der Waals surface area contributed by atoms with E-state index >= 15 is 0 Å². The van der Waals surface area contributed by atoms with Gasteiger partial charge in [0.1, 0.15) is 5.75 Å². The molecule has 1 N–H and O–H groups in total. The molecule has 28 heavy (non-hydrogen) atoms. The van der Waals surface area contributed by atoms with Crippen molar-refractivity contribution in [3.05, 3.63) is 54.1 Å². The molecule has 2 aromatic carbocycles. The van der Waals surface area contributed by atoms with Crippen LogP contribution in [0.2, 0.25) is 0 Å². The highest BCUT2D eigenvalue weighted by atomic mass is 16.5. The van der Waals surface area contributed by atoms with E-state index in [-0.39, 0.29) is 23.7 Å². The summed E-state index contributed by atoms with van der Waals surface area (Å²) in [6.07, 6.45) is 0.593. The molecule has 1 heterocycles. The quantitative estimate of drug-likeness (QED) is 0.867. The molecule has 1 aliphatic rings. The van der Waals surface area contributed by atoms with Gasteiger partial charge in [0.05, 0.1) is 13.0 Å². The second kappa shape index (κ2) is 8.91. The Bertz CT molecular complexity index is 830. The number of nitrogens with zero attached hydrogens (tertiary/aromatic N) is 1. The van der Waals surface area contributed by atoms with Crippen molar-refractivity contribution in [1.29, 1.82) is 0 Å². The maximum Gasteiger partial charge on any atom is 0.225 e. The molecule has 0 spiro atoms. The van der Waals surface area contributed by atoms with Gasteiger partial charge >= 0.3 is 0 Å². The molecule has 0 aromatic heterocycles. The summed E-state index contributed by atoms with van der Waals surface area (Å²) >= 11 is 0. The highest BCUT2D eigenvalue weighted by Gasteiger charge is 2.29. The Morgan fingerprint density at radius 1 is 1.18 bits per heavy atom. The van der Waals surface area contributed by atoms with Crippen LogP contribution in [-0.2, 0) is 16.0 Å². The zero-order valence-corrected chi connectivity index (χ0v) is 16.8. The van der Waals surface area contributed by atoms with E-state index in [9.17, 15) is 9.59 Å². The summed E-state index contributed by atoms with van der Waals surface area (Å²) in [6.45, 7) is 5.33.